The molecule has 0 fully saturated rings. The Morgan fingerprint density at radius 3 is 2.26 bits per heavy atom. The molecule has 0 N–H and O–H groups in total. The third-order valence-corrected chi connectivity index (χ3v) is 19.6. The van der Waals surface area contributed by atoms with E-state index in [0.717, 1.165) is 32.1 Å². The lowest BCUT2D eigenvalue weighted by molar-refractivity contribution is 0.293. The average molecular weight is 880 g/mol. The molecule has 10 aliphatic carbocycles. The van der Waals surface area contributed by atoms with Gasteiger partial charge in [-0.1, -0.05) is 165 Å². The summed E-state index contributed by atoms with van der Waals surface area (Å²) in [5, 5.41) is 0.439. The highest BCUT2D eigenvalue weighted by molar-refractivity contribution is 8.00. The van der Waals surface area contributed by atoms with Crippen LogP contribution in [0.2, 0.25) is 0 Å². The fourth-order valence-corrected chi connectivity index (χ4v) is 16.6. The van der Waals surface area contributed by atoms with Gasteiger partial charge in [-0.3, -0.25) is 0 Å². The largest absolute Gasteiger partial charge is 0.335 e. The van der Waals surface area contributed by atoms with Crippen LogP contribution in [0, 0.1) is 29.6 Å². The molecule has 66 heavy (non-hydrogen) atoms. The van der Waals surface area contributed by atoms with Gasteiger partial charge in [-0.2, -0.15) is 0 Å². The maximum Gasteiger partial charge on any atom is 0.0522 e. The van der Waals surface area contributed by atoms with Crippen LogP contribution in [0.25, 0.3) is 11.1 Å². The first-order chi connectivity index (χ1) is 32.5. The molecule has 1 aliphatic heterocycles. The standard InChI is InChI=1S/C64H65NS/c1-63(2)56-27-14-13-24-55(56)60-58(63)40-39-54-53-26-16-25-50(61(53)66-62(54)60)44-31-35-48(36-32-44)65(47-33-29-43(30-34-47)42-17-6-3-7-18-42)49-37-38-52-51-23-12-15-28-57(51)64(59(52)41-49,45-19-8-4-9-20-45)46-21-10-5-11-22-46/h4-6,8-11,13,15-17,19,21,24-26,28-29,31,33,35-47,53,61H,3,7,12,14,18,20,22-23,27,30,32,34H2,1-2H3. The van der Waals surface area contributed by atoms with Crippen LogP contribution in [-0.2, 0) is 10.8 Å². The summed E-state index contributed by atoms with van der Waals surface area (Å²) < 4.78 is 0. The van der Waals surface area contributed by atoms with Crippen LogP contribution in [-0.4, -0.2) is 11.3 Å². The third kappa shape index (κ3) is 6.32. The summed E-state index contributed by atoms with van der Waals surface area (Å²) in [4.78, 5) is 4.32. The molecule has 0 saturated heterocycles. The van der Waals surface area contributed by atoms with Gasteiger partial charge in [0.05, 0.1) is 6.04 Å². The average Bonchev–Trinajstić information content (AvgIpc) is 3.99. The zero-order chi connectivity index (χ0) is 44.0. The van der Waals surface area contributed by atoms with E-state index in [1.165, 1.54) is 73.0 Å². The fourth-order valence-electron chi connectivity index (χ4n) is 14.9. The number of nitrogens with zero attached hydrogens (tertiary/aromatic N) is 1. The summed E-state index contributed by atoms with van der Waals surface area (Å²) in [5.74, 6) is 2.95. The molecule has 2 aromatic carbocycles. The van der Waals surface area contributed by atoms with Crippen molar-refractivity contribution in [2.24, 2.45) is 29.6 Å². The van der Waals surface area contributed by atoms with Crippen LogP contribution in [0.4, 0.5) is 5.69 Å². The monoisotopic (exact) mass is 879 g/mol. The van der Waals surface area contributed by atoms with Gasteiger partial charge in [0.15, 0.2) is 0 Å². The molecule has 332 valence electrons. The van der Waals surface area contributed by atoms with Crippen LogP contribution < -0.4 is 4.90 Å². The molecule has 0 spiro atoms. The molecule has 1 heterocycles. The maximum atomic E-state index is 2.77. The van der Waals surface area contributed by atoms with E-state index >= 15 is 0 Å². The second-order valence-electron chi connectivity index (χ2n) is 21.6. The molecule has 0 radical (unpaired) electrons. The molecule has 2 aromatic rings. The van der Waals surface area contributed by atoms with E-state index in [1.807, 2.05) is 0 Å². The van der Waals surface area contributed by atoms with Crippen molar-refractivity contribution in [1.82, 2.24) is 0 Å². The number of hydrogen-bond acceptors (Lipinski definition) is 2. The van der Waals surface area contributed by atoms with E-state index in [0.29, 0.717) is 46.8 Å². The Kier molecular flexibility index (Phi) is 10.2. The highest BCUT2D eigenvalue weighted by Crippen LogP contribution is 2.63. The van der Waals surface area contributed by atoms with Crippen LogP contribution in [0.5, 0.6) is 0 Å². The molecule has 8 atom stereocenters. The molecular formula is C64H65NS. The van der Waals surface area contributed by atoms with Crippen LogP contribution in [0.15, 0.2) is 191 Å². The summed E-state index contributed by atoms with van der Waals surface area (Å²) in [7, 11) is 0. The van der Waals surface area contributed by atoms with Crippen molar-refractivity contribution >= 4 is 28.6 Å². The lowest BCUT2D eigenvalue weighted by Gasteiger charge is -2.46. The maximum absolute atomic E-state index is 2.77. The summed E-state index contributed by atoms with van der Waals surface area (Å²) in [6.07, 6.45) is 68.4. The zero-order valence-electron chi connectivity index (χ0n) is 39.0. The predicted octanol–water partition coefficient (Wildman–Crippen LogP) is 16.4. The first kappa shape index (κ1) is 41.2. The Balaban J connectivity index is 0.860. The SMILES string of the molecule is CC1(C)C2=C(C=CCC2)c2c1ccc1c2SC2C(C3C=CC(N(c4ccc5c(c4)C(C4C=CC=CC4)(C4C=CC=CC4)C4=C5CCC=C4)C4C=CC(C5C=CCCC5)CC4)=CC3)=CC=CC12. The number of allylic oxidation sites excluding steroid dienone is 25. The van der Waals surface area contributed by atoms with Gasteiger partial charge < -0.3 is 4.90 Å². The summed E-state index contributed by atoms with van der Waals surface area (Å²) in [6.45, 7) is 4.93. The Morgan fingerprint density at radius 2 is 1.50 bits per heavy atom. The molecule has 0 bridgehead atoms. The summed E-state index contributed by atoms with van der Waals surface area (Å²) >= 11 is 2.17. The molecule has 13 rings (SSSR count). The lowest BCUT2D eigenvalue weighted by atomic mass is 9.57. The van der Waals surface area contributed by atoms with Crippen molar-refractivity contribution in [3.8, 4) is 0 Å². The topological polar surface area (TPSA) is 3.24 Å². The molecule has 11 aliphatic rings. The van der Waals surface area contributed by atoms with Gasteiger partial charge >= 0.3 is 0 Å². The highest BCUT2D eigenvalue weighted by Gasteiger charge is 2.53. The van der Waals surface area contributed by atoms with Crippen molar-refractivity contribution in [3.63, 3.8) is 0 Å². The van der Waals surface area contributed by atoms with Crippen molar-refractivity contribution < 1.29 is 0 Å². The van der Waals surface area contributed by atoms with Gasteiger partial charge in [-0.25, -0.2) is 0 Å². The molecule has 0 saturated carbocycles. The normalized spacial score (nSPS) is 33.7. The minimum absolute atomic E-state index is 0.107. The second-order valence-corrected chi connectivity index (χ2v) is 22.8. The van der Waals surface area contributed by atoms with E-state index in [-0.39, 0.29) is 10.8 Å². The number of fused-ring (bicyclic) bond motifs is 8. The van der Waals surface area contributed by atoms with E-state index in [1.54, 1.807) is 43.9 Å². The van der Waals surface area contributed by atoms with Gasteiger partial charge in [-0.05, 0) is 169 Å². The Hall–Kier alpha value is -5.05. The minimum atomic E-state index is -0.107. The van der Waals surface area contributed by atoms with Crippen molar-refractivity contribution in [1.29, 1.82) is 0 Å². The van der Waals surface area contributed by atoms with Gasteiger partial charge in [0, 0.05) is 44.2 Å². The van der Waals surface area contributed by atoms with Gasteiger partial charge in [-0.15, -0.1) is 11.8 Å². The van der Waals surface area contributed by atoms with Gasteiger partial charge in [0.1, 0.15) is 0 Å². The second kappa shape index (κ2) is 16.3. The van der Waals surface area contributed by atoms with Crippen LogP contribution in [0.3, 0.4) is 0 Å². The van der Waals surface area contributed by atoms with Gasteiger partial charge in [0.25, 0.3) is 0 Å². The first-order valence-electron chi connectivity index (χ1n) is 25.9. The Morgan fingerprint density at radius 1 is 0.667 bits per heavy atom. The number of benzene rings is 2. The molecular weight excluding hydrogens is 815 g/mol. The summed E-state index contributed by atoms with van der Waals surface area (Å²) in [6, 6.07) is 13.0. The minimum Gasteiger partial charge on any atom is -0.335 e. The highest BCUT2D eigenvalue weighted by atomic mass is 32.2. The number of hydrogen-bond donors (Lipinski definition) is 0. The lowest BCUT2D eigenvalue weighted by Crippen LogP contribution is -2.42. The van der Waals surface area contributed by atoms with E-state index < -0.39 is 0 Å². The van der Waals surface area contributed by atoms with Crippen molar-refractivity contribution in [2.45, 2.75) is 124 Å². The van der Waals surface area contributed by atoms with Crippen molar-refractivity contribution in [3.05, 3.63) is 214 Å². The predicted molar refractivity (Wildman–Crippen MR) is 281 cm³/mol. The quantitative estimate of drug-likeness (QED) is 0.255. The molecule has 8 unspecified atom stereocenters. The number of rotatable bonds is 7. The molecule has 0 amide bonds. The van der Waals surface area contributed by atoms with E-state index in [9.17, 15) is 0 Å². The zero-order valence-corrected chi connectivity index (χ0v) is 39.9. The van der Waals surface area contributed by atoms with Crippen LogP contribution in [0.1, 0.15) is 125 Å². The van der Waals surface area contributed by atoms with E-state index in [2.05, 4.69) is 195 Å². The van der Waals surface area contributed by atoms with E-state index in [4.69, 9.17) is 0 Å². The molecule has 0 aromatic heterocycles. The Labute approximate surface area is 399 Å². The number of anilines is 1. The smallest absolute Gasteiger partial charge is 0.0522 e. The third-order valence-electron chi connectivity index (χ3n) is 18.1. The fraction of sp³-hybridized carbons (Fsp3) is 0.375. The molecule has 2 heteroatoms. The Bertz CT molecular complexity index is 2800. The summed E-state index contributed by atoms with van der Waals surface area (Å²) in [5.41, 5.74) is 18.4. The van der Waals surface area contributed by atoms with Crippen LogP contribution >= 0.6 is 11.8 Å². The van der Waals surface area contributed by atoms with Crippen molar-refractivity contribution in [2.75, 3.05) is 4.90 Å². The molecule has 1 nitrogen and oxygen atoms in total. The number of thioether (sulfide) groups is 1. The van der Waals surface area contributed by atoms with Gasteiger partial charge in [0.2, 0.25) is 0 Å². The first-order valence-corrected chi connectivity index (χ1v) is 26.7.